The summed E-state index contributed by atoms with van der Waals surface area (Å²) in [6.45, 7) is 3.13. The highest BCUT2D eigenvalue weighted by molar-refractivity contribution is 5.77. The van der Waals surface area contributed by atoms with Crippen LogP contribution in [0.15, 0.2) is 54.9 Å². The summed E-state index contributed by atoms with van der Waals surface area (Å²) in [6.07, 6.45) is 5.92. The molecule has 154 valence electrons. The summed E-state index contributed by atoms with van der Waals surface area (Å²) in [6, 6.07) is 14.8. The number of benzene rings is 1. The highest BCUT2D eigenvalue weighted by Gasteiger charge is 2.44. The number of pyridine rings is 1. The number of ether oxygens (including phenoxy) is 2. The number of nitrogens with zero attached hydrogens (tertiary/aromatic N) is 3. The van der Waals surface area contributed by atoms with E-state index in [9.17, 15) is 4.79 Å². The number of carbonyl (C=O) groups is 1. The average Bonchev–Trinajstić information content (AvgIpc) is 2.75. The van der Waals surface area contributed by atoms with Crippen LogP contribution in [-0.4, -0.2) is 66.2 Å². The van der Waals surface area contributed by atoms with Gasteiger partial charge in [-0.2, -0.15) is 0 Å². The van der Waals surface area contributed by atoms with E-state index in [0.29, 0.717) is 12.6 Å². The Bertz CT molecular complexity index is 778. The van der Waals surface area contributed by atoms with Crippen LogP contribution >= 0.6 is 0 Å². The summed E-state index contributed by atoms with van der Waals surface area (Å²) in [7, 11) is 1.78. The predicted octanol–water partition coefficient (Wildman–Crippen LogP) is 2.66. The molecule has 1 amide bonds. The molecule has 2 unspecified atom stereocenters. The maximum Gasteiger partial charge on any atom is 0.248 e. The minimum Gasteiger partial charge on any atom is -0.378 e. The van der Waals surface area contributed by atoms with Gasteiger partial charge in [0.2, 0.25) is 5.91 Å². The Morgan fingerprint density at radius 3 is 2.62 bits per heavy atom. The molecule has 1 aromatic carbocycles. The van der Waals surface area contributed by atoms with Crippen molar-refractivity contribution in [2.24, 2.45) is 0 Å². The fourth-order valence-corrected chi connectivity index (χ4v) is 4.40. The molecule has 0 spiro atoms. The third-order valence-electron chi connectivity index (χ3n) is 6.05. The van der Waals surface area contributed by atoms with E-state index in [1.54, 1.807) is 13.3 Å². The highest BCUT2D eigenvalue weighted by atomic mass is 16.5. The third-order valence-corrected chi connectivity index (χ3v) is 6.05. The Morgan fingerprint density at radius 2 is 1.93 bits per heavy atom. The van der Waals surface area contributed by atoms with Gasteiger partial charge < -0.3 is 14.4 Å². The van der Waals surface area contributed by atoms with E-state index in [0.717, 1.165) is 38.0 Å². The quantitative estimate of drug-likeness (QED) is 0.722. The van der Waals surface area contributed by atoms with Gasteiger partial charge in [0, 0.05) is 45.2 Å². The first-order valence-corrected chi connectivity index (χ1v) is 10.3. The summed E-state index contributed by atoms with van der Waals surface area (Å²) < 4.78 is 11.3. The molecular formula is C23H29N3O3. The van der Waals surface area contributed by atoms with Crippen LogP contribution in [0.4, 0.5) is 0 Å². The number of rotatable bonds is 7. The predicted molar refractivity (Wildman–Crippen MR) is 110 cm³/mol. The van der Waals surface area contributed by atoms with E-state index in [2.05, 4.69) is 16.0 Å². The Hall–Kier alpha value is -2.28. The number of amides is 1. The molecule has 29 heavy (non-hydrogen) atoms. The molecule has 4 rings (SSSR count). The van der Waals surface area contributed by atoms with Gasteiger partial charge in [-0.3, -0.25) is 14.7 Å². The molecule has 2 aliphatic rings. The highest BCUT2D eigenvalue weighted by Crippen LogP contribution is 2.39. The number of likely N-dealkylation sites (tertiary alicyclic amines) is 2. The summed E-state index contributed by atoms with van der Waals surface area (Å²) in [5.74, 6) is 0.0848. The Labute approximate surface area is 172 Å². The molecular weight excluding hydrogens is 366 g/mol. The molecule has 1 aromatic heterocycles. The minimum atomic E-state index is 0.0848. The third kappa shape index (κ3) is 4.66. The van der Waals surface area contributed by atoms with Crippen molar-refractivity contribution in [3.63, 3.8) is 0 Å². The van der Waals surface area contributed by atoms with Gasteiger partial charge >= 0.3 is 0 Å². The molecule has 2 saturated heterocycles. The van der Waals surface area contributed by atoms with Crippen molar-refractivity contribution in [1.29, 1.82) is 0 Å². The van der Waals surface area contributed by atoms with Gasteiger partial charge in [-0.25, -0.2) is 0 Å². The number of aromatic nitrogens is 1. The maximum absolute atomic E-state index is 12.5. The molecule has 0 bridgehead atoms. The first kappa shape index (κ1) is 20.0. The topological polar surface area (TPSA) is 54.9 Å². The number of hydrogen-bond donors (Lipinski definition) is 0. The number of carbonyl (C=O) groups excluding carboxylic acids is 1. The lowest BCUT2D eigenvalue weighted by atomic mass is 9.87. The van der Waals surface area contributed by atoms with Crippen molar-refractivity contribution in [3.05, 3.63) is 66.0 Å². The first-order chi connectivity index (χ1) is 14.3. The van der Waals surface area contributed by atoms with Crippen molar-refractivity contribution < 1.29 is 14.3 Å². The molecule has 6 nitrogen and oxygen atoms in total. The van der Waals surface area contributed by atoms with Gasteiger partial charge in [0.1, 0.15) is 6.61 Å². The smallest absolute Gasteiger partial charge is 0.248 e. The van der Waals surface area contributed by atoms with Crippen molar-refractivity contribution in [2.75, 3.05) is 33.4 Å². The second-order valence-corrected chi connectivity index (χ2v) is 7.79. The van der Waals surface area contributed by atoms with Crippen molar-refractivity contribution in [2.45, 2.75) is 37.6 Å². The standard InChI is InChI=1S/C23H29N3O3/c1-28-21-15-26(23(21)19-8-5-11-24-14-19)20-9-12-25(13-10-20)22(27)17-29-16-18-6-3-2-4-7-18/h2-8,11,14,20-21,23H,9-10,12-13,15-17H2,1H3. The molecule has 0 radical (unpaired) electrons. The average molecular weight is 396 g/mol. The zero-order valence-electron chi connectivity index (χ0n) is 16.9. The first-order valence-electron chi connectivity index (χ1n) is 10.3. The van der Waals surface area contributed by atoms with E-state index in [1.165, 1.54) is 5.56 Å². The molecule has 0 aliphatic carbocycles. The zero-order valence-corrected chi connectivity index (χ0v) is 16.9. The van der Waals surface area contributed by atoms with Crippen LogP contribution < -0.4 is 0 Å². The van der Waals surface area contributed by atoms with Crippen LogP contribution in [0, 0.1) is 0 Å². The number of hydrogen-bond acceptors (Lipinski definition) is 5. The molecule has 6 heteroatoms. The fraction of sp³-hybridized carbons (Fsp3) is 0.478. The molecule has 0 N–H and O–H groups in total. The lowest BCUT2D eigenvalue weighted by Gasteiger charge is -2.52. The van der Waals surface area contributed by atoms with Gasteiger partial charge in [-0.1, -0.05) is 36.4 Å². The van der Waals surface area contributed by atoms with Crippen molar-refractivity contribution >= 4 is 5.91 Å². The van der Waals surface area contributed by atoms with E-state index < -0.39 is 0 Å². The molecule has 2 fully saturated rings. The molecule has 2 aliphatic heterocycles. The van der Waals surface area contributed by atoms with Crippen molar-refractivity contribution in [3.8, 4) is 0 Å². The maximum atomic E-state index is 12.5. The van der Waals surface area contributed by atoms with Gasteiger partial charge in [-0.05, 0) is 30.0 Å². The SMILES string of the molecule is COC1CN(C2CCN(C(=O)COCc3ccccc3)CC2)C1c1cccnc1. The Balaban J connectivity index is 1.25. The lowest BCUT2D eigenvalue weighted by molar-refractivity contribution is -0.142. The number of piperidine rings is 1. The molecule has 0 saturated carbocycles. The van der Waals surface area contributed by atoms with Crippen LogP contribution in [0.2, 0.25) is 0 Å². The Morgan fingerprint density at radius 1 is 1.14 bits per heavy atom. The van der Waals surface area contributed by atoms with Gasteiger partial charge in [0.15, 0.2) is 0 Å². The van der Waals surface area contributed by atoms with Crippen LogP contribution in [0.3, 0.4) is 0 Å². The van der Waals surface area contributed by atoms with E-state index >= 15 is 0 Å². The van der Waals surface area contributed by atoms with Crippen LogP contribution in [0.25, 0.3) is 0 Å². The van der Waals surface area contributed by atoms with Crippen LogP contribution in [-0.2, 0) is 20.9 Å². The molecule has 3 heterocycles. The second-order valence-electron chi connectivity index (χ2n) is 7.79. The largest absolute Gasteiger partial charge is 0.378 e. The van der Waals surface area contributed by atoms with E-state index in [4.69, 9.17) is 9.47 Å². The summed E-state index contributed by atoms with van der Waals surface area (Å²) in [5.41, 5.74) is 2.30. The zero-order chi connectivity index (χ0) is 20.1. The second kappa shape index (κ2) is 9.48. The van der Waals surface area contributed by atoms with Gasteiger partial charge in [0.25, 0.3) is 0 Å². The van der Waals surface area contributed by atoms with Crippen LogP contribution in [0.1, 0.15) is 30.0 Å². The molecule has 2 atom stereocenters. The Kier molecular flexibility index (Phi) is 6.54. The summed E-state index contributed by atoms with van der Waals surface area (Å²) >= 11 is 0. The van der Waals surface area contributed by atoms with E-state index in [-0.39, 0.29) is 24.7 Å². The van der Waals surface area contributed by atoms with Crippen molar-refractivity contribution in [1.82, 2.24) is 14.8 Å². The fourth-order valence-electron chi connectivity index (χ4n) is 4.40. The van der Waals surface area contributed by atoms with Gasteiger partial charge in [-0.15, -0.1) is 0 Å². The summed E-state index contributed by atoms with van der Waals surface area (Å²) in [5, 5.41) is 0. The minimum absolute atomic E-state index is 0.0848. The monoisotopic (exact) mass is 395 g/mol. The normalized spacial score (nSPS) is 23.0. The summed E-state index contributed by atoms with van der Waals surface area (Å²) in [4.78, 5) is 21.2. The van der Waals surface area contributed by atoms with Gasteiger partial charge in [0.05, 0.1) is 18.8 Å². The van der Waals surface area contributed by atoms with Crippen LogP contribution in [0.5, 0.6) is 0 Å². The van der Waals surface area contributed by atoms with E-state index in [1.807, 2.05) is 47.5 Å². The number of methoxy groups -OCH3 is 1. The molecule has 2 aromatic rings. The lowest BCUT2D eigenvalue weighted by Crippen LogP contribution is -2.60.